The van der Waals surface area contributed by atoms with E-state index in [0.29, 0.717) is 54.7 Å². The van der Waals surface area contributed by atoms with Gasteiger partial charge < -0.3 is 20.7 Å². The molecule has 1 saturated heterocycles. The number of hydrogen-bond donors (Lipinski definition) is 2. The van der Waals surface area contributed by atoms with E-state index in [0.717, 1.165) is 16.5 Å². The van der Waals surface area contributed by atoms with E-state index >= 15 is 0 Å². The Morgan fingerprint density at radius 2 is 1.94 bits per heavy atom. The molecule has 1 aliphatic heterocycles. The van der Waals surface area contributed by atoms with Gasteiger partial charge in [0.05, 0.1) is 18.9 Å². The molecule has 0 atom stereocenters. The van der Waals surface area contributed by atoms with Crippen LogP contribution < -0.4 is 26.8 Å². The molecule has 4 heterocycles. The molecule has 1 aliphatic rings. The molecule has 0 spiro atoms. The summed E-state index contributed by atoms with van der Waals surface area (Å²) in [5.74, 6) is 0.812. The largest absolute Gasteiger partial charge is 0.383 e. The Morgan fingerprint density at radius 1 is 1.13 bits per heavy atom. The molecule has 9 nitrogen and oxygen atoms in total. The number of nitrogens with two attached hydrogens (primary N) is 1. The molecular formula is C22H20N6O3. The highest BCUT2D eigenvalue weighted by Crippen LogP contribution is 2.30. The third kappa shape index (κ3) is 3.28. The molecule has 1 fully saturated rings. The molecule has 0 bridgehead atoms. The fourth-order valence-corrected chi connectivity index (χ4v) is 3.82. The molecule has 0 unspecified atom stereocenters. The van der Waals surface area contributed by atoms with Crippen LogP contribution in [0.4, 0.5) is 23.0 Å². The normalized spacial score (nSPS) is 14.3. The first-order chi connectivity index (χ1) is 15.0. The minimum Gasteiger partial charge on any atom is -0.383 e. The zero-order valence-corrected chi connectivity index (χ0v) is 16.9. The zero-order valence-electron chi connectivity index (χ0n) is 16.9. The molecule has 3 aromatic heterocycles. The molecule has 0 radical (unpaired) electrons. The number of pyridine rings is 3. The summed E-state index contributed by atoms with van der Waals surface area (Å²) in [6, 6.07) is 5.62. The molecule has 1 aromatic carbocycles. The summed E-state index contributed by atoms with van der Waals surface area (Å²) in [5, 5.41) is 4.55. The lowest BCUT2D eigenvalue weighted by atomic mass is 10.1. The van der Waals surface area contributed by atoms with Gasteiger partial charge in [-0.2, -0.15) is 0 Å². The Bertz CT molecular complexity index is 1370. The number of fused-ring (bicyclic) bond motifs is 1. The van der Waals surface area contributed by atoms with Crippen LogP contribution in [0.15, 0.2) is 46.4 Å². The van der Waals surface area contributed by atoms with Gasteiger partial charge in [-0.15, -0.1) is 0 Å². The van der Waals surface area contributed by atoms with Crippen LogP contribution in [0.25, 0.3) is 22.0 Å². The average Bonchev–Trinajstić information content (AvgIpc) is 2.79. The molecule has 0 aliphatic carbocycles. The maximum atomic E-state index is 12.2. The minimum absolute atomic E-state index is 0.268. The SMILES string of the molecule is Cc1ccncc1-c1cc2cc(Nc3c(N4CCOCC4)c(=O)c3=O)ncc2c(N)n1. The van der Waals surface area contributed by atoms with Gasteiger partial charge in [0.25, 0.3) is 10.9 Å². The first-order valence-corrected chi connectivity index (χ1v) is 9.93. The molecule has 0 amide bonds. The van der Waals surface area contributed by atoms with E-state index in [9.17, 15) is 9.59 Å². The predicted molar refractivity (Wildman–Crippen MR) is 120 cm³/mol. The molecule has 0 saturated carbocycles. The van der Waals surface area contributed by atoms with Crippen molar-refractivity contribution in [1.82, 2.24) is 15.0 Å². The number of anilines is 4. The van der Waals surface area contributed by atoms with Gasteiger partial charge in [-0.3, -0.25) is 14.6 Å². The van der Waals surface area contributed by atoms with Crippen LogP contribution in [0.1, 0.15) is 5.56 Å². The molecule has 156 valence electrons. The third-order valence-electron chi connectivity index (χ3n) is 5.53. The first kappa shape index (κ1) is 19.1. The number of nitrogens with zero attached hydrogens (tertiary/aromatic N) is 4. The lowest BCUT2D eigenvalue weighted by Crippen LogP contribution is -2.46. The van der Waals surface area contributed by atoms with Crippen LogP contribution >= 0.6 is 0 Å². The summed E-state index contributed by atoms with van der Waals surface area (Å²) in [4.78, 5) is 39.3. The predicted octanol–water partition coefficient (Wildman–Crippen LogP) is 1.76. The minimum atomic E-state index is -0.538. The first-order valence-electron chi connectivity index (χ1n) is 9.93. The van der Waals surface area contributed by atoms with Crippen LogP contribution in [-0.2, 0) is 4.74 Å². The Kier molecular flexibility index (Phi) is 4.59. The summed E-state index contributed by atoms with van der Waals surface area (Å²) in [5.41, 5.74) is 8.45. The highest BCUT2D eigenvalue weighted by atomic mass is 16.5. The highest BCUT2D eigenvalue weighted by Gasteiger charge is 2.27. The van der Waals surface area contributed by atoms with E-state index in [1.165, 1.54) is 0 Å². The second kappa shape index (κ2) is 7.44. The molecule has 5 rings (SSSR count). The fraction of sp³-hybridized carbons (Fsp3) is 0.227. The Labute approximate surface area is 177 Å². The quantitative estimate of drug-likeness (QED) is 0.479. The van der Waals surface area contributed by atoms with Crippen molar-refractivity contribution in [3.63, 3.8) is 0 Å². The molecule has 9 heteroatoms. The molecule has 31 heavy (non-hydrogen) atoms. The van der Waals surface area contributed by atoms with Crippen molar-refractivity contribution in [2.45, 2.75) is 6.92 Å². The van der Waals surface area contributed by atoms with Gasteiger partial charge in [0.15, 0.2) is 0 Å². The number of nitrogens with one attached hydrogen (secondary N) is 1. The van der Waals surface area contributed by atoms with Crippen molar-refractivity contribution < 1.29 is 4.74 Å². The third-order valence-corrected chi connectivity index (χ3v) is 5.53. The summed E-state index contributed by atoms with van der Waals surface area (Å²) in [6.45, 7) is 4.17. The number of nitrogen functional groups attached to an aromatic ring is 1. The van der Waals surface area contributed by atoms with Gasteiger partial charge in [0, 0.05) is 42.6 Å². The van der Waals surface area contributed by atoms with Crippen molar-refractivity contribution in [3.05, 3.63) is 62.8 Å². The van der Waals surface area contributed by atoms with Gasteiger partial charge in [0.1, 0.15) is 23.0 Å². The smallest absolute Gasteiger partial charge is 0.253 e. The second-order valence-corrected chi connectivity index (χ2v) is 7.48. The second-order valence-electron chi connectivity index (χ2n) is 7.48. The standard InChI is InChI=1S/C22H20N6O3/c1-12-2-3-24-10-14(12)16-8-13-9-17(25-11-15(13)22(23)26-16)27-18-19(21(30)20(18)29)28-4-6-31-7-5-28/h2-3,8-11H,4-7H2,1H3,(H2,23,26)(H,25,27). The van der Waals surface area contributed by atoms with Crippen molar-refractivity contribution >= 4 is 33.8 Å². The van der Waals surface area contributed by atoms with Gasteiger partial charge in [-0.05, 0) is 36.1 Å². The number of aryl methyl sites for hydroxylation is 1. The monoisotopic (exact) mass is 416 g/mol. The molecule has 4 aromatic rings. The van der Waals surface area contributed by atoms with Crippen molar-refractivity contribution in [3.8, 4) is 11.3 Å². The van der Waals surface area contributed by atoms with Crippen LogP contribution in [0.5, 0.6) is 0 Å². The number of ether oxygens (including phenoxy) is 1. The summed E-state index contributed by atoms with van der Waals surface area (Å²) in [7, 11) is 0. The summed E-state index contributed by atoms with van der Waals surface area (Å²) < 4.78 is 5.33. The van der Waals surface area contributed by atoms with E-state index < -0.39 is 10.9 Å². The molecular weight excluding hydrogens is 396 g/mol. The number of rotatable bonds is 4. The Balaban J connectivity index is 1.52. The van der Waals surface area contributed by atoms with Crippen molar-refractivity contribution in [2.75, 3.05) is 42.3 Å². The topological polar surface area (TPSA) is 123 Å². The van der Waals surface area contributed by atoms with Gasteiger partial charge in [0.2, 0.25) is 0 Å². The fourth-order valence-electron chi connectivity index (χ4n) is 3.82. The lowest BCUT2D eigenvalue weighted by molar-refractivity contribution is 0.122. The van der Waals surface area contributed by atoms with E-state index in [1.54, 1.807) is 24.7 Å². The van der Waals surface area contributed by atoms with Crippen LogP contribution in [0, 0.1) is 6.92 Å². The van der Waals surface area contributed by atoms with E-state index in [4.69, 9.17) is 10.5 Å². The lowest BCUT2D eigenvalue weighted by Gasteiger charge is -2.30. The maximum Gasteiger partial charge on any atom is 0.253 e. The van der Waals surface area contributed by atoms with E-state index in [1.807, 2.05) is 24.0 Å². The summed E-state index contributed by atoms with van der Waals surface area (Å²) >= 11 is 0. The number of morpholine rings is 1. The van der Waals surface area contributed by atoms with Crippen molar-refractivity contribution in [1.29, 1.82) is 0 Å². The Hall–Kier alpha value is -3.85. The van der Waals surface area contributed by atoms with Gasteiger partial charge in [-0.1, -0.05) is 0 Å². The maximum absolute atomic E-state index is 12.2. The van der Waals surface area contributed by atoms with Crippen LogP contribution in [-0.4, -0.2) is 41.3 Å². The van der Waals surface area contributed by atoms with Crippen LogP contribution in [0.2, 0.25) is 0 Å². The number of aromatic nitrogens is 3. The average molecular weight is 416 g/mol. The van der Waals surface area contributed by atoms with Crippen LogP contribution in [0.3, 0.4) is 0 Å². The Morgan fingerprint density at radius 3 is 2.71 bits per heavy atom. The number of hydrogen-bond acceptors (Lipinski definition) is 9. The molecule has 3 N–H and O–H groups in total. The van der Waals surface area contributed by atoms with E-state index in [-0.39, 0.29) is 5.69 Å². The highest BCUT2D eigenvalue weighted by molar-refractivity contribution is 5.95. The zero-order chi connectivity index (χ0) is 21.5. The van der Waals surface area contributed by atoms with E-state index in [2.05, 4.69) is 20.3 Å². The van der Waals surface area contributed by atoms with Gasteiger partial charge in [-0.25, -0.2) is 9.97 Å². The van der Waals surface area contributed by atoms with Crippen molar-refractivity contribution in [2.24, 2.45) is 0 Å². The summed E-state index contributed by atoms with van der Waals surface area (Å²) in [6.07, 6.45) is 5.09. The van der Waals surface area contributed by atoms with Gasteiger partial charge >= 0.3 is 0 Å².